The lowest BCUT2D eigenvalue weighted by atomic mass is 10.1. The molecule has 0 aliphatic carbocycles. The van der Waals surface area contributed by atoms with E-state index in [4.69, 9.17) is 4.55 Å². The fourth-order valence-electron chi connectivity index (χ4n) is 1.89. The predicted octanol–water partition coefficient (Wildman–Crippen LogP) is 1.64. The second kappa shape index (κ2) is 4.27. The van der Waals surface area contributed by atoms with E-state index >= 15 is 0 Å². The summed E-state index contributed by atoms with van der Waals surface area (Å²) in [5.74, 6) is 0. The maximum Gasteiger partial charge on any atom is 0.295 e. The number of benzene rings is 2. The summed E-state index contributed by atoms with van der Waals surface area (Å²) in [5, 5.41) is 0.475. The lowest BCUT2D eigenvalue weighted by Crippen LogP contribution is -2.03. The van der Waals surface area contributed by atoms with Crippen molar-refractivity contribution in [1.29, 1.82) is 0 Å². The van der Waals surface area contributed by atoms with Crippen molar-refractivity contribution in [3.63, 3.8) is 0 Å². The summed E-state index contributed by atoms with van der Waals surface area (Å²) >= 11 is 0. The second-order valence-corrected chi connectivity index (χ2v) is 6.82. The molecule has 0 bridgehead atoms. The van der Waals surface area contributed by atoms with Crippen molar-refractivity contribution in [3.8, 4) is 0 Å². The number of hydrogen-bond acceptors (Lipinski definition) is 4. The molecule has 2 rings (SSSR count). The maximum absolute atomic E-state index is 11.3. The van der Waals surface area contributed by atoms with Gasteiger partial charge in [-0.15, -0.1) is 0 Å². The van der Waals surface area contributed by atoms with Crippen molar-refractivity contribution in [2.75, 3.05) is 0 Å². The predicted molar refractivity (Wildman–Crippen MR) is 68.3 cm³/mol. The highest BCUT2D eigenvalue weighted by molar-refractivity contribution is 7.86. The van der Waals surface area contributed by atoms with Gasteiger partial charge < -0.3 is 0 Å². The summed E-state index contributed by atoms with van der Waals surface area (Å²) in [6.45, 7) is 1.51. The van der Waals surface area contributed by atoms with Gasteiger partial charge in [-0.1, -0.05) is 18.2 Å². The van der Waals surface area contributed by atoms with Crippen LogP contribution >= 0.6 is 0 Å². The lowest BCUT2D eigenvalue weighted by Gasteiger charge is -2.08. The molecule has 102 valence electrons. The maximum atomic E-state index is 11.3. The first kappa shape index (κ1) is 13.9. The Labute approximate surface area is 110 Å². The average molecular weight is 302 g/mol. The molecule has 2 aromatic rings. The summed E-state index contributed by atoms with van der Waals surface area (Å²) in [6.07, 6.45) is 0. The molecule has 2 aromatic carbocycles. The van der Waals surface area contributed by atoms with Gasteiger partial charge >= 0.3 is 0 Å². The second-order valence-electron chi connectivity index (χ2n) is 4.04. The first-order chi connectivity index (χ1) is 8.60. The Morgan fingerprint density at radius 3 is 2.05 bits per heavy atom. The topological polar surface area (TPSA) is 109 Å². The smallest absolute Gasteiger partial charge is 0.282 e. The zero-order chi connectivity index (χ0) is 14.4. The third kappa shape index (κ3) is 2.61. The zero-order valence-corrected chi connectivity index (χ0v) is 11.4. The Bertz CT molecular complexity index is 865. The van der Waals surface area contributed by atoms with Crippen molar-refractivity contribution in [2.45, 2.75) is 16.7 Å². The molecular weight excluding hydrogens is 292 g/mol. The number of hydrogen-bond donors (Lipinski definition) is 2. The molecule has 0 saturated carbocycles. The van der Waals surface area contributed by atoms with Crippen LogP contribution < -0.4 is 0 Å². The SMILES string of the molecule is Cc1ccc2cc(S(=O)(=O)O)ccc2c1S(=O)(=O)O. The molecule has 0 fully saturated rings. The Hall–Kier alpha value is -1.48. The molecular formula is C11H10O6S2. The molecule has 0 atom stereocenters. The van der Waals surface area contributed by atoms with E-state index in [0.29, 0.717) is 5.56 Å². The molecule has 19 heavy (non-hydrogen) atoms. The van der Waals surface area contributed by atoms with Crippen molar-refractivity contribution in [3.05, 3.63) is 35.9 Å². The van der Waals surface area contributed by atoms with E-state index < -0.39 is 20.2 Å². The summed E-state index contributed by atoms with van der Waals surface area (Å²) in [6, 6.07) is 6.40. The lowest BCUT2D eigenvalue weighted by molar-refractivity contribution is 0.481. The minimum Gasteiger partial charge on any atom is -0.282 e. The Balaban J connectivity index is 2.91. The monoisotopic (exact) mass is 302 g/mol. The zero-order valence-electron chi connectivity index (χ0n) is 9.73. The van der Waals surface area contributed by atoms with Crippen molar-refractivity contribution >= 4 is 31.0 Å². The number of aryl methyl sites for hydroxylation is 1. The van der Waals surface area contributed by atoms with Gasteiger partial charge in [0.1, 0.15) is 4.90 Å². The van der Waals surface area contributed by atoms with Gasteiger partial charge in [0.05, 0.1) is 4.90 Å². The molecule has 0 spiro atoms. The summed E-state index contributed by atoms with van der Waals surface area (Å²) in [5.41, 5.74) is 0.342. The van der Waals surface area contributed by atoms with E-state index in [0.717, 1.165) is 12.1 Å². The minimum absolute atomic E-state index is 0.190. The molecule has 0 radical (unpaired) electrons. The Kier molecular flexibility index (Phi) is 3.13. The fourth-order valence-corrected chi connectivity index (χ4v) is 3.35. The highest BCUT2D eigenvalue weighted by Crippen LogP contribution is 2.28. The van der Waals surface area contributed by atoms with E-state index in [-0.39, 0.29) is 20.6 Å². The van der Waals surface area contributed by atoms with E-state index in [9.17, 15) is 21.4 Å². The Morgan fingerprint density at radius 1 is 0.895 bits per heavy atom. The van der Waals surface area contributed by atoms with Gasteiger partial charge in [0.2, 0.25) is 0 Å². The molecule has 0 aromatic heterocycles. The standard InChI is InChI=1S/C11H10O6S2/c1-7-2-3-8-6-9(18(12,13)14)4-5-10(8)11(7)19(15,16)17/h2-6H,1H3,(H,12,13,14)(H,15,16,17). The molecule has 0 aliphatic heterocycles. The van der Waals surface area contributed by atoms with Gasteiger partial charge in [-0.25, -0.2) is 0 Å². The highest BCUT2D eigenvalue weighted by Gasteiger charge is 2.18. The summed E-state index contributed by atoms with van der Waals surface area (Å²) in [4.78, 5) is -0.614. The molecule has 0 amide bonds. The third-order valence-corrected chi connectivity index (χ3v) is 4.60. The fraction of sp³-hybridized carbons (Fsp3) is 0.0909. The Morgan fingerprint density at radius 2 is 1.53 bits per heavy atom. The van der Waals surface area contributed by atoms with Gasteiger partial charge in [-0.2, -0.15) is 16.8 Å². The summed E-state index contributed by atoms with van der Waals surface area (Å²) < 4.78 is 62.8. The van der Waals surface area contributed by atoms with Gasteiger partial charge in [0.25, 0.3) is 20.2 Å². The van der Waals surface area contributed by atoms with Gasteiger partial charge in [0.15, 0.2) is 0 Å². The molecule has 0 unspecified atom stereocenters. The summed E-state index contributed by atoms with van der Waals surface area (Å²) in [7, 11) is -8.79. The highest BCUT2D eigenvalue weighted by atomic mass is 32.2. The molecule has 6 nitrogen and oxygen atoms in total. The van der Waals surface area contributed by atoms with Crippen molar-refractivity contribution < 1.29 is 25.9 Å². The van der Waals surface area contributed by atoms with Crippen molar-refractivity contribution in [2.24, 2.45) is 0 Å². The van der Waals surface area contributed by atoms with Crippen LogP contribution in [0.1, 0.15) is 5.56 Å². The van der Waals surface area contributed by atoms with Crippen LogP contribution in [0, 0.1) is 6.92 Å². The van der Waals surface area contributed by atoms with Gasteiger partial charge in [-0.3, -0.25) is 9.11 Å². The minimum atomic E-state index is -4.42. The van der Waals surface area contributed by atoms with E-state index in [1.165, 1.54) is 25.1 Å². The number of fused-ring (bicyclic) bond motifs is 1. The normalized spacial score (nSPS) is 12.8. The van der Waals surface area contributed by atoms with Crippen LogP contribution in [0.15, 0.2) is 40.1 Å². The first-order valence-corrected chi connectivity index (χ1v) is 7.97. The third-order valence-electron chi connectivity index (χ3n) is 2.69. The van der Waals surface area contributed by atoms with Gasteiger partial charge in [0, 0.05) is 5.39 Å². The van der Waals surface area contributed by atoms with Crippen LogP contribution in [0.2, 0.25) is 0 Å². The molecule has 8 heteroatoms. The molecule has 2 N–H and O–H groups in total. The van der Waals surface area contributed by atoms with E-state index in [2.05, 4.69) is 0 Å². The van der Waals surface area contributed by atoms with Crippen LogP contribution in [-0.2, 0) is 20.2 Å². The van der Waals surface area contributed by atoms with Crippen LogP contribution in [-0.4, -0.2) is 25.9 Å². The van der Waals surface area contributed by atoms with Gasteiger partial charge in [-0.05, 0) is 30.0 Å². The van der Waals surface area contributed by atoms with Crippen LogP contribution in [0.5, 0.6) is 0 Å². The largest absolute Gasteiger partial charge is 0.295 e. The molecule has 0 saturated heterocycles. The van der Waals surface area contributed by atoms with E-state index in [1.807, 2.05) is 0 Å². The van der Waals surface area contributed by atoms with Crippen molar-refractivity contribution in [1.82, 2.24) is 0 Å². The van der Waals surface area contributed by atoms with Crippen LogP contribution in [0.25, 0.3) is 10.8 Å². The first-order valence-electron chi connectivity index (χ1n) is 5.09. The van der Waals surface area contributed by atoms with E-state index in [1.54, 1.807) is 0 Å². The van der Waals surface area contributed by atoms with Crippen LogP contribution in [0.4, 0.5) is 0 Å². The quantitative estimate of drug-likeness (QED) is 0.816. The molecule has 0 aliphatic rings. The van der Waals surface area contributed by atoms with Crippen LogP contribution in [0.3, 0.4) is 0 Å². The number of rotatable bonds is 2. The molecule has 0 heterocycles. The average Bonchev–Trinajstić information content (AvgIpc) is 2.25.